The van der Waals surface area contributed by atoms with Crippen LogP contribution in [-0.4, -0.2) is 17.4 Å². The average Bonchev–Trinajstić information content (AvgIpc) is 2.39. The molecule has 1 aromatic rings. The Morgan fingerprint density at radius 1 is 1.20 bits per heavy atom. The summed E-state index contributed by atoms with van der Waals surface area (Å²) in [4.78, 5) is 23.2. The highest BCUT2D eigenvalue weighted by atomic mass is 16.2. The molecule has 0 saturated heterocycles. The van der Waals surface area contributed by atoms with Crippen LogP contribution in [0.15, 0.2) is 24.3 Å². The van der Waals surface area contributed by atoms with Gasteiger partial charge in [0, 0.05) is 23.2 Å². The zero-order chi connectivity index (χ0) is 14.6. The molecule has 2 amide bonds. The number of benzene rings is 1. The maximum atomic E-state index is 12.1. The third kappa shape index (κ3) is 3.81. The topological polar surface area (TPSA) is 98.2 Å². The van der Waals surface area contributed by atoms with Gasteiger partial charge in [0.2, 0.25) is 11.8 Å². The molecule has 0 spiro atoms. The molecule has 1 saturated carbocycles. The predicted octanol–water partition coefficient (Wildman–Crippen LogP) is 1.78. The van der Waals surface area contributed by atoms with Gasteiger partial charge in [0.05, 0.1) is 0 Å². The van der Waals surface area contributed by atoms with E-state index >= 15 is 0 Å². The van der Waals surface area contributed by atoms with Crippen molar-refractivity contribution in [1.29, 1.82) is 0 Å². The van der Waals surface area contributed by atoms with Crippen molar-refractivity contribution in [2.24, 2.45) is 11.5 Å². The zero-order valence-corrected chi connectivity index (χ0v) is 11.5. The van der Waals surface area contributed by atoms with Gasteiger partial charge < -0.3 is 16.8 Å². The molecule has 0 bridgehead atoms. The van der Waals surface area contributed by atoms with Crippen molar-refractivity contribution < 1.29 is 9.59 Å². The second-order valence-electron chi connectivity index (χ2n) is 5.59. The minimum atomic E-state index is -0.510. The molecule has 1 aliphatic carbocycles. The molecule has 5 nitrogen and oxygen atoms in total. The van der Waals surface area contributed by atoms with Gasteiger partial charge in [-0.05, 0) is 31.0 Å². The summed E-state index contributed by atoms with van der Waals surface area (Å²) in [5, 5.41) is 2.78. The highest BCUT2D eigenvalue weighted by Gasteiger charge is 2.29. The van der Waals surface area contributed by atoms with Gasteiger partial charge in [0.15, 0.2) is 0 Å². The Bertz CT molecular complexity index is 508. The van der Waals surface area contributed by atoms with Gasteiger partial charge >= 0.3 is 0 Å². The minimum Gasteiger partial charge on any atom is -0.366 e. The summed E-state index contributed by atoms with van der Waals surface area (Å²) in [5.41, 5.74) is 12.0. The molecule has 0 heterocycles. The van der Waals surface area contributed by atoms with Crippen molar-refractivity contribution in [3.63, 3.8) is 0 Å². The van der Waals surface area contributed by atoms with Crippen molar-refractivity contribution in [2.75, 3.05) is 5.32 Å². The van der Waals surface area contributed by atoms with Crippen LogP contribution in [0.1, 0.15) is 48.9 Å². The van der Waals surface area contributed by atoms with E-state index in [2.05, 4.69) is 5.32 Å². The van der Waals surface area contributed by atoms with E-state index in [9.17, 15) is 9.59 Å². The SMILES string of the molecule is NC(=O)c1cccc(NC(=O)CC2(N)CCCCC2)c1. The number of nitrogens with one attached hydrogen (secondary N) is 1. The monoisotopic (exact) mass is 275 g/mol. The van der Waals surface area contributed by atoms with Gasteiger partial charge in [-0.15, -0.1) is 0 Å². The predicted molar refractivity (Wildman–Crippen MR) is 78.2 cm³/mol. The van der Waals surface area contributed by atoms with Crippen LogP contribution in [0.2, 0.25) is 0 Å². The van der Waals surface area contributed by atoms with Gasteiger partial charge in [0.25, 0.3) is 0 Å². The number of amides is 2. The van der Waals surface area contributed by atoms with Gasteiger partial charge in [-0.25, -0.2) is 0 Å². The van der Waals surface area contributed by atoms with Crippen LogP contribution in [0.25, 0.3) is 0 Å². The van der Waals surface area contributed by atoms with Crippen LogP contribution >= 0.6 is 0 Å². The lowest BCUT2D eigenvalue weighted by Gasteiger charge is -2.32. The van der Waals surface area contributed by atoms with Crippen molar-refractivity contribution in [2.45, 2.75) is 44.1 Å². The average molecular weight is 275 g/mol. The summed E-state index contributed by atoms with van der Waals surface area (Å²) >= 11 is 0. The van der Waals surface area contributed by atoms with E-state index in [1.165, 1.54) is 6.42 Å². The Kier molecular flexibility index (Phi) is 4.39. The van der Waals surface area contributed by atoms with Crippen molar-refractivity contribution in [3.8, 4) is 0 Å². The highest BCUT2D eigenvalue weighted by Crippen LogP contribution is 2.29. The van der Waals surface area contributed by atoms with E-state index in [4.69, 9.17) is 11.5 Å². The molecule has 5 N–H and O–H groups in total. The molecule has 0 atom stereocenters. The second kappa shape index (κ2) is 6.05. The molecule has 108 valence electrons. The van der Waals surface area contributed by atoms with Crippen LogP contribution < -0.4 is 16.8 Å². The van der Waals surface area contributed by atoms with Gasteiger partial charge in [-0.2, -0.15) is 0 Å². The maximum Gasteiger partial charge on any atom is 0.248 e. The first-order chi connectivity index (χ1) is 9.48. The van der Waals surface area contributed by atoms with Gasteiger partial charge in [0.1, 0.15) is 0 Å². The van der Waals surface area contributed by atoms with Crippen molar-refractivity contribution >= 4 is 17.5 Å². The smallest absolute Gasteiger partial charge is 0.248 e. The summed E-state index contributed by atoms with van der Waals surface area (Å²) in [6.07, 6.45) is 5.46. The Morgan fingerprint density at radius 2 is 1.90 bits per heavy atom. The molecule has 1 aromatic carbocycles. The maximum absolute atomic E-state index is 12.1. The van der Waals surface area contributed by atoms with Gasteiger partial charge in [-0.1, -0.05) is 25.3 Å². The third-order valence-corrected chi connectivity index (χ3v) is 3.79. The highest BCUT2D eigenvalue weighted by molar-refractivity contribution is 5.96. The summed E-state index contributed by atoms with van der Waals surface area (Å²) in [7, 11) is 0. The molecule has 0 unspecified atom stereocenters. The van der Waals surface area contributed by atoms with Crippen LogP contribution in [0.3, 0.4) is 0 Å². The summed E-state index contributed by atoms with van der Waals surface area (Å²) in [6.45, 7) is 0. The Balaban J connectivity index is 1.97. The van der Waals surface area contributed by atoms with E-state index < -0.39 is 5.91 Å². The van der Waals surface area contributed by atoms with Gasteiger partial charge in [-0.3, -0.25) is 9.59 Å². The molecule has 0 aromatic heterocycles. The molecule has 20 heavy (non-hydrogen) atoms. The lowest BCUT2D eigenvalue weighted by Crippen LogP contribution is -2.44. The number of hydrogen-bond acceptors (Lipinski definition) is 3. The standard InChI is InChI=1S/C15H21N3O2/c16-14(20)11-5-4-6-12(9-11)18-13(19)10-15(17)7-2-1-3-8-15/h4-6,9H,1-3,7-8,10,17H2,(H2,16,20)(H,18,19). The van der Waals surface area contributed by atoms with Crippen LogP contribution in [0.4, 0.5) is 5.69 Å². The van der Waals surface area contributed by atoms with Crippen LogP contribution in [0, 0.1) is 0 Å². The largest absolute Gasteiger partial charge is 0.366 e. The fourth-order valence-corrected chi connectivity index (χ4v) is 2.71. The Hall–Kier alpha value is -1.88. The molecule has 0 aliphatic heterocycles. The fourth-order valence-electron chi connectivity index (χ4n) is 2.71. The lowest BCUT2D eigenvalue weighted by molar-refractivity contribution is -0.117. The number of carbonyl (C=O) groups is 2. The quantitative estimate of drug-likeness (QED) is 0.781. The Labute approximate surface area is 118 Å². The van der Waals surface area contributed by atoms with E-state index in [0.717, 1.165) is 25.7 Å². The lowest BCUT2D eigenvalue weighted by atomic mass is 9.80. The molecule has 0 radical (unpaired) electrons. The van der Waals surface area contributed by atoms with E-state index in [1.54, 1.807) is 24.3 Å². The van der Waals surface area contributed by atoms with Crippen LogP contribution in [-0.2, 0) is 4.79 Å². The molecule has 2 rings (SSSR count). The first kappa shape index (κ1) is 14.5. The zero-order valence-electron chi connectivity index (χ0n) is 11.5. The fraction of sp³-hybridized carbons (Fsp3) is 0.467. The summed E-state index contributed by atoms with van der Waals surface area (Å²) in [6, 6.07) is 6.61. The molecule has 5 heteroatoms. The molecular weight excluding hydrogens is 254 g/mol. The molecule has 1 fully saturated rings. The van der Waals surface area contributed by atoms with E-state index in [-0.39, 0.29) is 11.4 Å². The number of anilines is 1. The number of nitrogens with two attached hydrogens (primary N) is 2. The minimum absolute atomic E-state index is 0.115. The third-order valence-electron chi connectivity index (χ3n) is 3.79. The normalized spacial score (nSPS) is 17.4. The van der Waals surface area contributed by atoms with Crippen molar-refractivity contribution in [3.05, 3.63) is 29.8 Å². The Morgan fingerprint density at radius 3 is 2.55 bits per heavy atom. The first-order valence-electron chi connectivity index (χ1n) is 6.97. The van der Waals surface area contributed by atoms with E-state index in [1.807, 2.05) is 0 Å². The number of rotatable bonds is 4. The molecular formula is C15H21N3O2. The molecule has 1 aliphatic rings. The van der Waals surface area contributed by atoms with E-state index in [0.29, 0.717) is 17.7 Å². The summed E-state index contributed by atoms with van der Waals surface area (Å²) in [5.74, 6) is -0.625. The number of hydrogen-bond donors (Lipinski definition) is 3. The second-order valence-corrected chi connectivity index (χ2v) is 5.59. The van der Waals surface area contributed by atoms with Crippen LogP contribution in [0.5, 0.6) is 0 Å². The first-order valence-corrected chi connectivity index (χ1v) is 6.97. The van der Waals surface area contributed by atoms with Crippen molar-refractivity contribution in [1.82, 2.24) is 0 Å². The number of carbonyl (C=O) groups excluding carboxylic acids is 2. The summed E-state index contributed by atoms with van der Waals surface area (Å²) < 4.78 is 0. The number of primary amides is 1.